The van der Waals surface area contributed by atoms with Crippen molar-refractivity contribution in [2.24, 2.45) is 5.92 Å². The molecule has 0 fully saturated rings. The average Bonchev–Trinajstić information content (AvgIpc) is 2.71. The van der Waals surface area contributed by atoms with Gasteiger partial charge in [0.25, 0.3) is 0 Å². The third-order valence-corrected chi connectivity index (χ3v) is 3.48. The second kappa shape index (κ2) is 5.54. The predicted octanol–water partition coefficient (Wildman–Crippen LogP) is 2.54. The van der Waals surface area contributed by atoms with Gasteiger partial charge in [0, 0.05) is 17.8 Å². The molecule has 1 atom stereocenters. The molecular formula is C14H18ClNO. The first-order valence-electron chi connectivity index (χ1n) is 6.15. The number of halogens is 1. The molecule has 1 unspecified atom stereocenters. The van der Waals surface area contributed by atoms with Crippen LogP contribution < -0.4 is 5.32 Å². The topological polar surface area (TPSA) is 29.1 Å². The molecule has 0 saturated heterocycles. The van der Waals surface area contributed by atoms with E-state index >= 15 is 0 Å². The van der Waals surface area contributed by atoms with Gasteiger partial charge in [0.15, 0.2) is 0 Å². The molecule has 2 nitrogen and oxygen atoms in total. The fourth-order valence-electron chi connectivity index (χ4n) is 2.28. The van der Waals surface area contributed by atoms with Crippen LogP contribution in [0.2, 0.25) is 0 Å². The number of benzene rings is 1. The summed E-state index contributed by atoms with van der Waals surface area (Å²) in [6.07, 6.45) is 2.57. The van der Waals surface area contributed by atoms with Crippen molar-refractivity contribution >= 4 is 17.5 Å². The van der Waals surface area contributed by atoms with Gasteiger partial charge in [-0.05, 0) is 37.3 Å². The molecule has 1 aromatic rings. The maximum Gasteiger partial charge on any atom is 0.223 e. The van der Waals surface area contributed by atoms with Crippen LogP contribution in [0.15, 0.2) is 24.3 Å². The maximum absolute atomic E-state index is 11.9. The van der Waals surface area contributed by atoms with E-state index in [-0.39, 0.29) is 17.2 Å². The highest BCUT2D eigenvalue weighted by molar-refractivity contribution is 6.20. The molecular weight excluding hydrogens is 234 g/mol. The molecule has 1 aliphatic carbocycles. The molecule has 0 saturated carbocycles. The fourth-order valence-corrected chi connectivity index (χ4v) is 2.39. The van der Waals surface area contributed by atoms with Gasteiger partial charge < -0.3 is 5.32 Å². The van der Waals surface area contributed by atoms with Gasteiger partial charge in [0.05, 0.1) is 0 Å². The van der Waals surface area contributed by atoms with Crippen molar-refractivity contribution in [3.05, 3.63) is 35.4 Å². The van der Waals surface area contributed by atoms with Gasteiger partial charge in [0.1, 0.15) is 0 Å². The standard InChI is InChI=1S/C14H18ClNO/c1-10(15)6-7-16-14(17)13-8-11-4-2-3-5-12(11)9-13/h2-5,10,13H,6-9H2,1H3,(H,16,17). The van der Waals surface area contributed by atoms with Crippen molar-refractivity contribution in [1.29, 1.82) is 0 Å². The van der Waals surface area contributed by atoms with Crippen LogP contribution in [-0.4, -0.2) is 17.8 Å². The Balaban J connectivity index is 1.84. The van der Waals surface area contributed by atoms with E-state index in [1.165, 1.54) is 11.1 Å². The van der Waals surface area contributed by atoms with E-state index < -0.39 is 0 Å². The van der Waals surface area contributed by atoms with Gasteiger partial charge in [-0.1, -0.05) is 24.3 Å². The minimum atomic E-state index is 0.109. The number of alkyl halides is 1. The molecule has 1 amide bonds. The molecule has 0 heterocycles. The summed E-state index contributed by atoms with van der Waals surface area (Å²) in [5.41, 5.74) is 2.64. The van der Waals surface area contributed by atoms with Gasteiger partial charge in [0.2, 0.25) is 5.91 Å². The van der Waals surface area contributed by atoms with Crippen LogP contribution >= 0.6 is 11.6 Å². The zero-order valence-corrected chi connectivity index (χ0v) is 10.8. The number of amides is 1. The number of carbonyl (C=O) groups is 1. The van der Waals surface area contributed by atoms with Crippen molar-refractivity contribution in [1.82, 2.24) is 5.32 Å². The first kappa shape index (κ1) is 12.4. The van der Waals surface area contributed by atoms with Crippen molar-refractivity contribution in [2.45, 2.75) is 31.6 Å². The molecule has 1 N–H and O–H groups in total. The number of nitrogens with one attached hydrogen (secondary N) is 1. The third kappa shape index (κ3) is 3.22. The molecule has 0 bridgehead atoms. The minimum absolute atomic E-state index is 0.109. The zero-order chi connectivity index (χ0) is 12.3. The van der Waals surface area contributed by atoms with Gasteiger partial charge >= 0.3 is 0 Å². The maximum atomic E-state index is 11.9. The summed E-state index contributed by atoms with van der Waals surface area (Å²) >= 11 is 5.84. The van der Waals surface area contributed by atoms with Gasteiger partial charge in [-0.3, -0.25) is 4.79 Å². The molecule has 2 rings (SSSR count). The molecule has 1 aromatic carbocycles. The molecule has 0 aromatic heterocycles. The molecule has 17 heavy (non-hydrogen) atoms. The monoisotopic (exact) mass is 251 g/mol. The fraction of sp³-hybridized carbons (Fsp3) is 0.500. The Morgan fingerprint density at radius 3 is 2.53 bits per heavy atom. The van der Waals surface area contributed by atoms with Crippen molar-refractivity contribution in [3.8, 4) is 0 Å². The SMILES string of the molecule is CC(Cl)CCNC(=O)C1Cc2ccccc2C1. The molecule has 0 aliphatic heterocycles. The highest BCUT2D eigenvalue weighted by Crippen LogP contribution is 2.26. The average molecular weight is 252 g/mol. The normalized spacial score (nSPS) is 16.6. The Bertz CT molecular complexity index is 378. The Morgan fingerprint density at radius 1 is 1.41 bits per heavy atom. The Hall–Kier alpha value is -1.02. The summed E-state index contributed by atoms with van der Waals surface area (Å²) in [4.78, 5) is 11.9. The van der Waals surface area contributed by atoms with Crippen molar-refractivity contribution in [2.75, 3.05) is 6.54 Å². The van der Waals surface area contributed by atoms with Gasteiger partial charge in [-0.15, -0.1) is 11.6 Å². The summed E-state index contributed by atoms with van der Waals surface area (Å²) < 4.78 is 0. The Morgan fingerprint density at radius 2 is 2.00 bits per heavy atom. The molecule has 0 radical (unpaired) electrons. The number of hydrogen-bond donors (Lipinski definition) is 1. The third-order valence-electron chi connectivity index (χ3n) is 3.26. The Labute approximate surface area is 107 Å². The minimum Gasteiger partial charge on any atom is -0.356 e. The van der Waals surface area contributed by atoms with Crippen LogP contribution in [0.5, 0.6) is 0 Å². The zero-order valence-electron chi connectivity index (χ0n) is 10.1. The van der Waals surface area contributed by atoms with E-state index in [0.717, 1.165) is 19.3 Å². The summed E-state index contributed by atoms with van der Waals surface area (Å²) in [5.74, 6) is 0.275. The number of carbonyl (C=O) groups excluding carboxylic acids is 1. The number of hydrogen-bond acceptors (Lipinski definition) is 1. The molecule has 92 valence electrons. The van der Waals surface area contributed by atoms with Gasteiger partial charge in [-0.2, -0.15) is 0 Å². The van der Waals surface area contributed by atoms with E-state index in [4.69, 9.17) is 11.6 Å². The first-order valence-corrected chi connectivity index (χ1v) is 6.59. The highest BCUT2D eigenvalue weighted by atomic mass is 35.5. The lowest BCUT2D eigenvalue weighted by molar-refractivity contribution is -0.124. The number of fused-ring (bicyclic) bond motifs is 1. The second-order valence-corrected chi connectivity index (χ2v) is 5.48. The van der Waals surface area contributed by atoms with E-state index in [2.05, 4.69) is 17.4 Å². The van der Waals surface area contributed by atoms with E-state index in [1.807, 2.05) is 19.1 Å². The Kier molecular flexibility index (Phi) is 4.06. The van der Waals surface area contributed by atoms with Crippen LogP contribution in [0, 0.1) is 5.92 Å². The van der Waals surface area contributed by atoms with Crippen LogP contribution in [0.25, 0.3) is 0 Å². The quantitative estimate of drug-likeness (QED) is 0.819. The van der Waals surface area contributed by atoms with E-state index in [1.54, 1.807) is 0 Å². The van der Waals surface area contributed by atoms with Crippen LogP contribution in [0.4, 0.5) is 0 Å². The summed E-state index contributed by atoms with van der Waals surface area (Å²) in [7, 11) is 0. The predicted molar refractivity (Wildman–Crippen MR) is 70.3 cm³/mol. The van der Waals surface area contributed by atoms with E-state index in [9.17, 15) is 4.79 Å². The van der Waals surface area contributed by atoms with Gasteiger partial charge in [-0.25, -0.2) is 0 Å². The summed E-state index contributed by atoms with van der Waals surface area (Å²) in [6, 6.07) is 8.30. The smallest absolute Gasteiger partial charge is 0.223 e. The number of rotatable bonds is 4. The summed E-state index contributed by atoms with van der Waals surface area (Å²) in [6.45, 7) is 2.62. The lowest BCUT2D eigenvalue weighted by Gasteiger charge is -2.10. The molecule has 0 spiro atoms. The lowest BCUT2D eigenvalue weighted by Crippen LogP contribution is -2.32. The van der Waals surface area contributed by atoms with Crippen LogP contribution in [0.1, 0.15) is 24.5 Å². The van der Waals surface area contributed by atoms with Crippen LogP contribution in [-0.2, 0) is 17.6 Å². The van der Waals surface area contributed by atoms with Crippen molar-refractivity contribution in [3.63, 3.8) is 0 Å². The van der Waals surface area contributed by atoms with Crippen LogP contribution in [0.3, 0.4) is 0 Å². The van der Waals surface area contributed by atoms with E-state index in [0.29, 0.717) is 6.54 Å². The molecule has 1 aliphatic rings. The summed E-state index contributed by atoms with van der Waals surface area (Å²) in [5, 5.41) is 3.09. The highest BCUT2D eigenvalue weighted by Gasteiger charge is 2.26. The lowest BCUT2D eigenvalue weighted by atomic mass is 10.1. The van der Waals surface area contributed by atoms with Crippen molar-refractivity contribution < 1.29 is 4.79 Å². The largest absolute Gasteiger partial charge is 0.356 e. The molecule has 3 heteroatoms. The second-order valence-electron chi connectivity index (χ2n) is 4.73. The first-order chi connectivity index (χ1) is 8.16.